The van der Waals surface area contributed by atoms with Gasteiger partial charge in [0, 0.05) is 0 Å². The van der Waals surface area contributed by atoms with Crippen molar-refractivity contribution in [3.63, 3.8) is 0 Å². The number of hydrogen-bond donors (Lipinski definition) is 0. The van der Waals surface area contributed by atoms with E-state index in [1.165, 1.54) is 12.2 Å². The van der Waals surface area contributed by atoms with Crippen molar-refractivity contribution in [1.29, 1.82) is 0 Å². The van der Waals surface area contributed by atoms with Crippen molar-refractivity contribution in [2.75, 3.05) is 0 Å². The molecule has 0 N–H and O–H groups in total. The van der Waals surface area contributed by atoms with Crippen LogP contribution in [0.4, 0.5) is 0 Å². The highest BCUT2D eigenvalue weighted by Crippen LogP contribution is 2.30. The Bertz CT molecular complexity index is 468. The van der Waals surface area contributed by atoms with Crippen LogP contribution in [0.3, 0.4) is 0 Å². The van der Waals surface area contributed by atoms with Gasteiger partial charge in [0.2, 0.25) is 0 Å². The second-order valence-corrected chi connectivity index (χ2v) is 4.38. The first-order valence-corrected chi connectivity index (χ1v) is 5.34. The lowest BCUT2D eigenvalue weighted by Gasteiger charge is -2.15. The van der Waals surface area contributed by atoms with Gasteiger partial charge < -0.3 is 0 Å². The average Bonchev–Trinajstić information content (AvgIpc) is 2.47. The molecule has 1 aliphatic rings. The van der Waals surface area contributed by atoms with Gasteiger partial charge in [-0.3, -0.25) is 9.59 Å². The SMILES string of the molecule is Cc1cc(C)c(C2C(=O)C=CC2=O)c(C)c1. The number of carbonyl (C=O) groups is 2. The van der Waals surface area contributed by atoms with Gasteiger partial charge in [0.25, 0.3) is 0 Å². The zero-order chi connectivity index (χ0) is 11.9. The second kappa shape index (κ2) is 3.71. The average molecular weight is 214 g/mol. The molecule has 0 bridgehead atoms. The minimum Gasteiger partial charge on any atom is -0.294 e. The van der Waals surface area contributed by atoms with Crippen LogP contribution in [0.1, 0.15) is 28.2 Å². The summed E-state index contributed by atoms with van der Waals surface area (Å²) in [7, 11) is 0. The summed E-state index contributed by atoms with van der Waals surface area (Å²) in [6.07, 6.45) is 2.76. The summed E-state index contributed by atoms with van der Waals surface area (Å²) in [5, 5.41) is 0. The molecule has 0 spiro atoms. The molecule has 0 heterocycles. The van der Waals surface area contributed by atoms with E-state index in [2.05, 4.69) is 0 Å². The molecule has 82 valence electrons. The summed E-state index contributed by atoms with van der Waals surface area (Å²) >= 11 is 0. The molecular formula is C14H14O2. The smallest absolute Gasteiger partial charge is 0.171 e. The highest BCUT2D eigenvalue weighted by Gasteiger charge is 2.31. The van der Waals surface area contributed by atoms with Crippen molar-refractivity contribution in [3.05, 3.63) is 46.5 Å². The first kappa shape index (κ1) is 10.8. The molecular weight excluding hydrogens is 200 g/mol. The number of ketones is 2. The maximum Gasteiger partial charge on any atom is 0.171 e. The van der Waals surface area contributed by atoms with Gasteiger partial charge in [-0.1, -0.05) is 17.7 Å². The Labute approximate surface area is 95.0 Å². The minimum atomic E-state index is -0.597. The van der Waals surface area contributed by atoms with E-state index in [0.717, 1.165) is 22.3 Å². The Morgan fingerprint density at radius 2 is 1.31 bits per heavy atom. The zero-order valence-electron chi connectivity index (χ0n) is 9.70. The molecule has 0 aliphatic heterocycles. The molecule has 0 radical (unpaired) electrons. The zero-order valence-corrected chi connectivity index (χ0v) is 9.70. The third-order valence-electron chi connectivity index (χ3n) is 3.01. The van der Waals surface area contributed by atoms with Crippen LogP contribution in [-0.4, -0.2) is 11.6 Å². The van der Waals surface area contributed by atoms with E-state index in [-0.39, 0.29) is 11.6 Å². The van der Waals surface area contributed by atoms with Crippen molar-refractivity contribution in [2.24, 2.45) is 0 Å². The first-order chi connectivity index (χ1) is 7.50. The summed E-state index contributed by atoms with van der Waals surface area (Å²) in [6, 6.07) is 4.03. The quantitative estimate of drug-likeness (QED) is 0.673. The number of benzene rings is 1. The number of hydrogen-bond acceptors (Lipinski definition) is 2. The van der Waals surface area contributed by atoms with Crippen LogP contribution in [0, 0.1) is 20.8 Å². The van der Waals surface area contributed by atoms with Crippen LogP contribution in [0.15, 0.2) is 24.3 Å². The van der Waals surface area contributed by atoms with Gasteiger partial charge in [0.1, 0.15) is 5.92 Å². The van der Waals surface area contributed by atoms with Gasteiger partial charge in [-0.2, -0.15) is 0 Å². The van der Waals surface area contributed by atoms with Crippen molar-refractivity contribution in [1.82, 2.24) is 0 Å². The van der Waals surface area contributed by atoms with Gasteiger partial charge in [-0.25, -0.2) is 0 Å². The molecule has 2 nitrogen and oxygen atoms in total. The highest BCUT2D eigenvalue weighted by molar-refractivity contribution is 6.22. The molecule has 2 rings (SSSR count). The maximum atomic E-state index is 11.7. The fraction of sp³-hybridized carbons (Fsp3) is 0.286. The molecule has 0 saturated carbocycles. The van der Waals surface area contributed by atoms with E-state index in [9.17, 15) is 9.59 Å². The topological polar surface area (TPSA) is 34.1 Å². The van der Waals surface area contributed by atoms with Crippen molar-refractivity contribution >= 4 is 11.6 Å². The molecule has 2 heteroatoms. The molecule has 0 fully saturated rings. The van der Waals surface area contributed by atoms with Crippen LogP contribution in [-0.2, 0) is 9.59 Å². The van der Waals surface area contributed by atoms with E-state index < -0.39 is 5.92 Å². The molecule has 0 atom stereocenters. The van der Waals surface area contributed by atoms with E-state index in [1.54, 1.807) is 0 Å². The Kier molecular flexibility index (Phi) is 2.50. The standard InChI is InChI=1S/C14H14O2/c1-8-6-9(2)13(10(3)7-8)14-11(15)4-5-12(14)16/h4-7,14H,1-3H3. The Morgan fingerprint density at radius 3 is 1.75 bits per heavy atom. The molecule has 1 aliphatic carbocycles. The molecule has 0 unspecified atom stereocenters. The maximum absolute atomic E-state index is 11.7. The lowest BCUT2D eigenvalue weighted by Crippen LogP contribution is -2.16. The van der Waals surface area contributed by atoms with E-state index >= 15 is 0 Å². The monoisotopic (exact) mass is 214 g/mol. The summed E-state index contributed by atoms with van der Waals surface area (Å²) in [5.74, 6) is -0.791. The molecule has 1 aromatic carbocycles. The fourth-order valence-electron chi connectivity index (χ4n) is 2.43. The fourth-order valence-corrected chi connectivity index (χ4v) is 2.43. The summed E-state index contributed by atoms with van der Waals surface area (Å²) < 4.78 is 0. The third kappa shape index (κ3) is 1.60. The van der Waals surface area contributed by atoms with Crippen LogP contribution < -0.4 is 0 Å². The van der Waals surface area contributed by atoms with E-state index in [0.29, 0.717) is 0 Å². The lowest BCUT2D eigenvalue weighted by atomic mass is 9.87. The van der Waals surface area contributed by atoms with Gasteiger partial charge >= 0.3 is 0 Å². The molecule has 0 aromatic heterocycles. The Hall–Kier alpha value is -1.70. The summed E-state index contributed by atoms with van der Waals surface area (Å²) in [4.78, 5) is 23.3. The summed E-state index contributed by atoms with van der Waals surface area (Å²) in [5.41, 5.74) is 4.08. The predicted molar refractivity (Wildman–Crippen MR) is 62.5 cm³/mol. The van der Waals surface area contributed by atoms with Crippen molar-refractivity contribution in [2.45, 2.75) is 26.7 Å². The predicted octanol–water partition coefficient (Wildman–Crippen LogP) is 2.40. The van der Waals surface area contributed by atoms with Gasteiger partial charge in [0.15, 0.2) is 11.6 Å². The van der Waals surface area contributed by atoms with E-state index in [4.69, 9.17) is 0 Å². The minimum absolute atomic E-state index is 0.0972. The van der Waals surface area contributed by atoms with Gasteiger partial charge in [-0.15, -0.1) is 0 Å². The first-order valence-electron chi connectivity index (χ1n) is 5.34. The molecule has 0 saturated heterocycles. The van der Waals surface area contributed by atoms with Crippen LogP contribution in [0.5, 0.6) is 0 Å². The number of carbonyl (C=O) groups excluding carboxylic acids is 2. The highest BCUT2D eigenvalue weighted by atomic mass is 16.2. The van der Waals surface area contributed by atoms with Gasteiger partial charge in [0.05, 0.1) is 0 Å². The van der Waals surface area contributed by atoms with Crippen LogP contribution in [0.25, 0.3) is 0 Å². The number of allylic oxidation sites excluding steroid dienone is 2. The molecule has 16 heavy (non-hydrogen) atoms. The molecule has 1 aromatic rings. The largest absolute Gasteiger partial charge is 0.294 e. The normalized spacial score (nSPS) is 16.2. The molecule has 0 amide bonds. The number of aryl methyl sites for hydroxylation is 3. The van der Waals surface area contributed by atoms with Crippen LogP contribution >= 0.6 is 0 Å². The number of rotatable bonds is 1. The van der Waals surface area contributed by atoms with Crippen molar-refractivity contribution < 1.29 is 9.59 Å². The van der Waals surface area contributed by atoms with Crippen LogP contribution in [0.2, 0.25) is 0 Å². The second-order valence-electron chi connectivity index (χ2n) is 4.38. The Balaban J connectivity index is 2.57. The third-order valence-corrected chi connectivity index (χ3v) is 3.01. The van der Waals surface area contributed by atoms with E-state index in [1.807, 2.05) is 32.9 Å². The van der Waals surface area contributed by atoms with Gasteiger partial charge in [-0.05, 0) is 49.6 Å². The summed E-state index contributed by atoms with van der Waals surface area (Å²) in [6.45, 7) is 5.92. The Morgan fingerprint density at radius 1 is 0.875 bits per heavy atom. The lowest BCUT2D eigenvalue weighted by molar-refractivity contribution is -0.122. The van der Waals surface area contributed by atoms with Crippen molar-refractivity contribution in [3.8, 4) is 0 Å².